The van der Waals surface area contributed by atoms with Crippen molar-refractivity contribution in [2.45, 2.75) is 41.9 Å². The first kappa shape index (κ1) is 19.0. The zero-order chi connectivity index (χ0) is 18.3. The van der Waals surface area contributed by atoms with Crippen molar-refractivity contribution in [3.63, 3.8) is 0 Å². The second kappa shape index (κ2) is 6.50. The summed E-state index contributed by atoms with van der Waals surface area (Å²) in [5, 5.41) is 67.7. The molecule has 12 nitrogen and oxygen atoms in total. The molecule has 7 atom stereocenters. The fraction of sp³-hybridized carbons (Fsp3) is 0.833. The average Bonchev–Trinajstić information content (AvgIpc) is 2.57. The molecule has 12 heteroatoms. The van der Waals surface area contributed by atoms with Crippen LogP contribution >= 0.6 is 0 Å². The average molecular weight is 354 g/mol. The van der Waals surface area contributed by atoms with Gasteiger partial charge in [-0.1, -0.05) is 0 Å². The van der Waals surface area contributed by atoms with Crippen LogP contribution in [0.1, 0.15) is 0 Å². The summed E-state index contributed by atoms with van der Waals surface area (Å²) in [4.78, 5) is 23.9. The number of rotatable bonds is 4. The van der Waals surface area contributed by atoms with Crippen LogP contribution in [0.3, 0.4) is 0 Å². The highest BCUT2D eigenvalue weighted by Crippen LogP contribution is 2.41. The van der Waals surface area contributed by atoms with Crippen molar-refractivity contribution in [3.8, 4) is 0 Å². The second-order valence-electron chi connectivity index (χ2n) is 5.44. The Hall–Kier alpha value is -1.38. The standard InChI is InChI=1S/C12H18O12/c13-1-4-6(16)7(17)8(18)12(21,23-4)11(3-15)10(20)22-5(2-14)9(19)24-11/h4-8,13-18,21H,1-3H2/t4-,5?,6-,7+,8+,11?,12+/m1/s1. The predicted molar refractivity (Wildman–Crippen MR) is 67.8 cm³/mol. The lowest BCUT2D eigenvalue weighted by Gasteiger charge is -2.52. The summed E-state index contributed by atoms with van der Waals surface area (Å²) < 4.78 is 14.2. The topological polar surface area (TPSA) is 203 Å². The van der Waals surface area contributed by atoms with Crippen LogP contribution in [0.5, 0.6) is 0 Å². The van der Waals surface area contributed by atoms with Gasteiger partial charge in [0, 0.05) is 0 Å². The van der Waals surface area contributed by atoms with Crippen LogP contribution < -0.4 is 0 Å². The summed E-state index contributed by atoms with van der Waals surface area (Å²) in [5.74, 6) is -6.16. The summed E-state index contributed by atoms with van der Waals surface area (Å²) in [5.41, 5.74) is -3.01. The number of aliphatic hydroxyl groups excluding tert-OH is 6. The van der Waals surface area contributed by atoms with Crippen molar-refractivity contribution in [3.05, 3.63) is 0 Å². The van der Waals surface area contributed by atoms with Crippen LogP contribution in [0.4, 0.5) is 0 Å². The molecule has 0 aliphatic carbocycles. The third-order valence-electron chi connectivity index (χ3n) is 4.05. The normalized spacial score (nSPS) is 46.4. The maximum Gasteiger partial charge on any atom is 0.359 e. The van der Waals surface area contributed by atoms with Crippen LogP contribution in [-0.4, -0.2) is 109 Å². The molecule has 0 amide bonds. The maximum absolute atomic E-state index is 12.2. The number of hydrogen-bond donors (Lipinski definition) is 7. The van der Waals surface area contributed by atoms with Gasteiger partial charge in [-0.25, -0.2) is 9.59 Å². The Balaban J connectivity index is 2.47. The zero-order valence-corrected chi connectivity index (χ0v) is 12.2. The third kappa shape index (κ3) is 2.48. The van der Waals surface area contributed by atoms with E-state index >= 15 is 0 Å². The van der Waals surface area contributed by atoms with Crippen LogP contribution in [0.2, 0.25) is 0 Å². The molecule has 0 radical (unpaired) electrons. The van der Waals surface area contributed by atoms with E-state index in [0.29, 0.717) is 0 Å². The molecule has 2 aliphatic heterocycles. The predicted octanol–water partition coefficient (Wildman–Crippen LogP) is -5.66. The van der Waals surface area contributed by atoms with Gasteiger partial charge in [-0.2, -0.15) is 0 Å². The summed E-state index contributed by atoms with van der Waals surface area (Å²) in [6.45, 7) is -3.31. The van der Waals surface area contributed by atoms with E-state index in [2.05, 4.69) is 4.74 Å². The number of cyclic esters (lactones) is 2. The number of aliphatic hydroxyl groups is 7. The van der Waals surface area contributed by atoms with Crippen molar-refractivity contribution < 1.29 is 59.5 Å². The molecule has 0 spiro atoms. The molecule has 0 aromatic carbocycles. The van der Waals surface area contributed by atoms with Gasteiger partial charge in [-0.3, -0.25) is 0 Å². The number of ether oxygens (including phenoxy) is 3. The Morgan fingerprint density at radius 3 is 2.12 bits per heavy atom. The fourth-order valence-electron chi connectivity index (χ4n) is 2.58. The van der Waals surface area contributed by atoms with E-state index in [-0.39, 0.29) is 0 Å². The zero-order valence-electron chi connectivity index (χ0n) is 12.2. The first-order chi connectivity index (χ1) is 11.2. The van der Waals surface area contributed by atoms with E-state index < -0.39 is 73.7 Å². The van der Waals surface area contributed by atoms with Crippen molar-refractivity contribution in [2.24, 2.45) is 0 Å². The quantitative estimate of drug-likeness (QED) is 0.236. The molecule has 2 heterocycles. The minimum absolute atomic E-state index is 0.936. The highest BCUT2D eigenvalue weighted by atomic mass is 16.7. The Labute approximate surface area is 134 Å². The molecule has 2 aliphatic rings. The molecule has 2 saturated heterocycles. The lowest BCUT2D eigenvalue weighted by Crippen LogP contribution is -2.79. The van der Waals surface area contributed by atoms with Gasteiger partial charge in [0.05, 0.1) is 19.8 Å². The molecule has 0 aromatic rings. The monoisotopic (exact) mass is 354 g/mol. The first-order valence-corrected chi connectivity index (χ1v) is 6.89. The molecule has 24 heavy (non-hydrogen) atoms. The van der Waals surface area contributed by atoms with Gasteiger partial charge in [-0.15, -0.1) is 0 Å². The number of carbonyl (C=O) groups excluding carboxylic acids is 2. The SMILES string of the molecule is O=C1OC(CO)([C@@]2(O)O[C@H](CO)[C@@H](O)[C@H](O)[C@@H]2O)C(=O)OC1CO. The molecule has 0 saturated carbocycles. The third-order valence-corrected chi connectivity index (χ3v) is 4.05. The summed E-state index contributed by atoms with van der Waals surface area (Å²) in [6.07, 6.45) is -9.79. The van der Waals surface area contributed by atoms with E-state index in [9.17, 15) is 35.1 Å². The number of esters is 2. The highest BCUT2D eigenvalue weighted by Gasteiger charge is 2.72. The van der Waals surface area contributed by atoms with E-state index in [0.717, 1.165) is 0 Å². The Morgan fingerprint density at radius 1 is 1.00 bits per heavy atom. The summed E-state index contributed by atoms with van der Waals surface area (Å²) in [7, 11) is 0. The van der Waals surface area contributed by atoms with Gasteiger partial charge >= 0.3 is 11.9 Å². The largest absolute Gasteiger partial charge is 0.445 e. The summed E-state index contributed by atoms with van der Waals surface area (Å²) in [6, 6.07) is 0. The van der Waals surface area contributed by atoms with E-state index in [1.165, 1.54) is 0 Å². The van der Waals surface area contributed by atoms with Gasteiger partial charge < -0.3 is 50.0 Å². The van der Waals surface area contributed by atoms with Gasteiger partial charge in [0.2, 0.25) is 11.9 Å². The smallest absolute Gasteiger partial charge is 0.359 e. The molecule has 2 unspecified atom stereocenters. The van der Waals surface area contributed by atoms with Crippen LogP contribution in [-0.2, 0) is 23.8 Å². The maximum atomic E-state index is 12.2. The molecular weight excluding hydrogens is 336 g/mol. The lowest BCUT2D eigenvalue weighted by atomic mass is 9.81. The van der Waals surface area contributed by atoms with Gasteiger partial charge in [0.15, 0.2) is 0 Å². The number of hydrogen-bond acceptors (Lipinski definition) is 12. The molecule has 0 bridgehead atoms. The van der Waals surface area contributed by atoms with Crippen molar-refractivity contribution in [1.82, 2.24) is 0 Å². The first-order valence-electron chi connectivity index (χ1n) is 6.89. The fourth-order valence-corrected chi connectivity index (χ4v) is 2.58. The van der Waals surface area contributed by atoms with Crippen molar-refractivity contribution in [2.75, 3.05) is 19.8 Å². The molecule has 2 rings (SSSR count). The second-order valence-corrected chi connectivity index (χ2v) is 5.44. The highest BCUT2D eigenvalue weighted by molar-refractivity contribution is 5.91. The number of carbonyl (C=O) groups is 2. The summed E-state index contributed by atoms with van der Waals surface area (Å²) >= 11 is 0. The van der Waals surface area contributed by atoms with Crippen LogP contribution in [0.25, 0.3) is 0 Å². The molecule has 0 aromatic heterocycles. The van der Waals surface area contributed by atoms with E-state index in [1.54, 1.807) is 0 Å². The van der Waals surface area contributed by atoms with Gasteiger partial charge in [-0.05, 0) is 0 Å². The lowest BCUT2D eigenvalue weighted by molar-refractivity contribution is -0.402. The Morgan fingerprint density at radius 2 is 1.62 bits per heavy atom. The van der Waals surface area contributed by atoms with Gasteiger partial charge in [0.1, 0.15) is 24.4 Å². The molecule has 138 valence electrons. The van der Waals surface area contributed by atoms with E-state index in [4.69, 9.17) is 19.7 Å². The molecule has 7 N–H and O–H groups in total. The van der Waals surface area contributed by atoms with E-state index in [1.807, 2.05) is 0 Å². The molecular formula is C12H18O12. The Bertz CT molecular complexity index is 508. The van der Waals surface area contributed by atoms with Crippen molar-refractivity contribution >= 4 is 11.9 Å². The van der Waals surface area contributed by atoms with Gasteiger partial charge in [0.25, 0.3) is 5.60 Å². The minimum atomic E-state index is -3.25. The Kier molecular flexibility index (Phi) is 5.13. The van der Waals surface area contributed by atoms with Crippen LogP contribution in [0, 0.1) is 0 Å². The minimum Gasteiger partial charge on any atom is -0.445 e. The van der Waals surface area contributed by atoms with Crippen molar-refractivity contribution in [1.29, 1.82) is 0 Å². The molecule has 2 fully saturated rings. The van der Waals surface area contributed by atoms with Crippen LogP contribution in [0.15, 0.2) is 0 Å².